The highest BCUT2D eigenvalue weighted by Crippen LogP contribution is 2.12. The predicted octanol–water partition coefficient (Wildman–Crippen LogP) is 2.83. The van der Waals surface area contributed by atoms with E-state index in [0.717, 1.165) is 11.3 Å². The molecule has 0 aliphatic rings. The number of hydrazone groups is 1. The third kappa shape index (κ3) is 3.98. The molecule has 0 atom stereocenters. The lowest BCUT2D eigenvalue weighted by Gasteiger charge is -2.08. The number of nitrogens with one attached hydrogen (secondary N) is 1. The lowest BCUT2D eigenvalue weighted by Crippen LogP contribution is -2.16. The van der Waals surface area contributed by atoms with Crippen LogP contribution in [0.15, 0.2) is 52.2 Å². The van der Waals surface area contributed by atoms with Crippen LogP contribution in [-0.2, 0) is 0 Å². The second-order valence-corrected chi connectivity index (χ2v) is 4.41. The number of benzene rings is 1. The molecule has 1 heterocycles. The number of rotatable bonds is 5. The van der Waals surface area contributed by atoms with Gasteiger partial charge in [0.25, 0.3) is 0 Å². The monoisotopic (exact) mass is 272 g/mol. The number of carbonyl (C=O) groups excluding carboxylic acids is 1. The van der Waals surface area contributed by atoms with Crippen LogP contribution in [0, 0.1) is 0 Å². The second kappa shape index (κ2) is 6.56. The molecule has 20 heavy (non-hydrogen) atoms. The van der Waals surface area contributed by atoms with Crippen LogP contribution in [0.4, 0.5) is 0 Å². The zero-order valence-electron chi connectivity index (χ0n) is 11.4. The van der Waals surface area contributed by atoms with E-state index in [0.29, 0.717) is 0 Å². The Bertz CT molecular complexity index is 572. The van der Waals surface area contributed by atoms with E-state index in [1.54, 1.807) is 18.3 Å². The maximum atomic E-state index is 11.5. The first-order valence-electron chi connectivity index (χ1n) is 6.29. The molecular formula is C15H16N2O3. The van der Waals surface area contributed by atoms with Crippen molar-refractivity contribution in [2.75, 3.05) is 0 Å². The van der Waals surface area contributed by atoms with Crippen molar-refractivity contribution < 1.29 is 13.9 Å². The van der Waals surface area contributed by atoms with Crippen molar-refractivity contribution in [2.24, 2.45) is 5.10 Å². The van der Waals surface area contributed by atoms with Crippen molar-refractivity contribution in [3.63, 3.8) is 0 Å². The summed E-state index contributed by atoms with van der Waals surface area (Å²) in [5.74, 6) is 0.644. The summed E-state index contributed by atoms with van der Waals surface area (Å²) in [6.45, 7) is 3.94. The minimum atomic E-state index is -0.383. The molecule has 1 aromatic heterocycles. The van der Waals surface area contributed by atoms with Gasteiger partial charge in [-0.05, 0) is 55.8 Å². The van der Waals surface area contributed by atoms with Crippen LogP contribution in [0.1, 0.15) is 30.0 Å². The zero-order chi connectivity index (χ0) is 14.4. The normalized spacial score (nSPS) is 10.9. The zero-order valence-corrected chi connectivity index (χ0v) is 11.4. The van der Waals surface area contributed by atoms with Gasteiger partial charge in [-0.15, -0.1) is 0 Å². The van der Waals surface area contributed by atoms with E-state index in [-0.39, 0.29) is 17.8 Å². The summed E-state index contributed by atoms with van der Waals surface area (Å²) in [5, 5.41) is 3.86. The van der Waals surface area contributed by atoms with Crippen LogP contribution in [0.5, 0.6) is 5.75 Å². The van der Waals surface area contributed by atoms with Crippen molar-refractivity contribution in [1.82, 2.24) is 5.43 Å². The second-order valence-electron chi connectivity index (χ2n) is 4.41. The van der Waals surface area contributed by atoms with E-state index in [2.05, 4.69) is 10.5 Å². The quantitative estimate of drug-likeness (QED) is 0.672. The molecular weight excluding hydrogens is 256 g/mol. The minimum absolute atomic E-state index is 0.141. The molecule has 1 N–H and O–H groups in total. The number of amides is 1. The number of hydrogen-bond donors (Lipinski definition) is 1. The molecule has 1 amide bonds. The fraction of sp³-hybridized carbons (Fsp3) is 0.200. The number of hydrogen-bond acceptors (Lipinski definition) is 4. The van der Waals surface area contributed by atoms with Crippen molar-refractivity contribution in [3.8, 4) is 5.75 Å². The lowest BCUT2D eigenvalue weighted by molar-refractivity contribution is 0.0927. The van der Waals surface area contributed by atoms with Gasteiger partial charge in [0, 0.05) is 0 Å². The summed E-state index contributed by atoms with van der Waals surface area (Å²) >= 11 is 0. The molecule has 104 valence electrons. The molecule has 0 radical (unpaired) electrons. The van der Waals surface area contributed by atoms with Crippen molar-refractivity contribution in [2.45, 2.75) is 20.0 Å². The van der Waals surface area contributed by atoms with Gasteiger partial charge < -0.3 is 9.15 Å². The van der Waals surface area contributed by atoms with Gasteiger partial charge >= 0.3 is 5.91 Å². The first-order valence-corrected chi connectivity index (χ1v) is 6.29. The number of furan rings is 1. The van der Waals surface area contributed by atoms with Gasteiger partial charge in [-0.2, -0.15) is 5.10 Å². The fourth-order valence-electron chi connectivity index (χ4n) is 1.53. The van der Waals surface area contributed by atoms with Gasteiger partial charge in [-0.3, -0.25) is 4.79 Å². The van der Waals surface area contributed by atoms with E-state index in [1.807, 2.05) is 38.1 Å². The summed E-state index contributed by atoms with van der Waals surface area (Å²) in [4.78, 5) is 11.5. The van der Waals surface area contributed by atoms with Gasteiger partial charge in [0.15, 0.2) is 5.76 Å². The SMILES string of the molecule is CC(C)Oc1ccc(/C=N\NC(=O)c2ccco2)cc1. The summed E-state index contributed by atoms with van der Waals surface area (Å²) in [7, 11) is 0. The Morgan fingerprint density at radius 2 is 2.05 bits per heavy atom. The highest BCUT2D eigenvalue weighted by molar-refractivity contribution is 5.92. The Hall–Kier alpha value is -2.56. The Labute approximate surface area is 117 Å². The first-order chi connectivity index (χ1) is 9.65. The Balaban J connectivity index is 1.89. The number of ether oxygens (including phenoxy) is 1. The maximum absolute atomic E-state index is 11.5. The third-order valence-electron chi connectivity index (χ3n) is 2.38. The topological polar surface area (TPSA) is 63.8 Å². The van der Waals surface area contributed by atoms with E-state index < -0.39 is 0 Å². The van der Waals surface area contributed by atoms with E-state index in [4.69, 9.17) is 9.15 Å². The van der Waals surface area contributed by atoms with Crippen LogP contribution in [0.3, 0.4) is 0 Å². The van der Waals surface area contributed by atoms with Crippen molar-refractivity contribution in [1.29, 1.82) is 0 Å². The van der Waals surface area contributed by atoms with Gasteiger partial charge in [-0.1, -0.05) is 0 Å². The van der Waals surface area contributed by atoms with Gasteiger partial charge in [0.05, 0.1) is 18.6 Å². The molecule has 0 spiro atoms. The molecule has 5 heteroatoms. The van der Waals surface area contributed by atoms with Crippen LogP contribution in [0.25, 0.3) is 0 Å². The molecule has 2 rings (SSSR count). The molecule has 0 aliphatic carbocycles. The molecule has 2 aromatic rings. The van der Waals surface area contributed by atoms with Gasteiger partial charge in [0.2, 0.25) is 0 Å². The van der Waals surface area contributed by atoms with E-state index >= 15 is 0 Å². The third-order valence-corrected chi connectivity index (χ3v) is 2.38. The average molecular weight is 272 g/mol. The molecule has 0 saturated heterocycles. The molecule has 0 unspecified atom stereocenters. The van der Waals surface area contributed by atoms with E-state index in [1.165, 1.54) is 6.26 Å². The first kappa shape index (κ1) is 13.9. The van der Waals surface area contributed by atoms with E-state index in [9.17, 15) is 4.79 Å². The van der Waals surface area contributed by atoms with Gasteiger partial charge in [-0.25, -0.2) is 5.43 Å². The molecule has 0 fully saturated rings. The molecule has 0 aliphatic heterocycles. The summed E-state index contributed by atoms with van der Waals surface area (Å²) < 4.78 is 10.5. The number of nitrogens with zero attached hydrogens (tertiary/aromatic N) is 1. The Morgan fingerprint density at radius 1 is 1.30 bits per heavy atom. The summed E-state index contributed by atoms with van der Waals surface area (Å²) in [5.41, 5.74) is 3.25. The summed E-state index contributed by atoms with van der Waals surface area (Å²) in [6, 6.07) is 10.7. The van der Waals surface area contributed by atoms with Crippen molar-refractivity contribution in [3.05, 3.63) is 54.0 Å². The van der Waals surface area contributed by atoms with Crippen LogP contribution >= 0.6 is 0 Å². The maximum Gasteiger partial charge on any atom is 0.307 e. The Morgan fingerprint density at radius 3 is 2.65 bits per heavy atom. The van der Waals surface area contributed by atoms with Crippen LogP contribution in [0.2, 0.25) is 0 Å². The van der Waals surface area contributed by atoms with Gasteiger partial charge in [0.1, 0.15) is 5.75 Å². The largest absolute Gasteiger partial charge is 0.491 e. The molecule has 0 saturated carbocycles. The van der Waals surface area contributed by atoms with Crippen molar-refractivity contribution >= 4 is 12.1 Å². The smallest absolute Gasteiger partial charge is 0.307 e. The highest BCUT2D eigenvalue weighted by Gasteiger charge is 2.05. The standard InChI is InChI=1S/C15H16N2O3/c1-11(2)20-13-7-5-12(6-8-13)10-16-17-15(18)14-4-3-9-19-14/h3-11H,1-2H3,(H,17,18)/b16-10-. The predicted molar refractivity (Wildman–Crippen MR) is 76.0 cm³/mol. The molecule has 0 bridgehead atoms. The molecule has 5 nitrogen and oxygen atoms in total. The minimum Gasteiger partial charge on any atom is -0.491 e. The fourth-order valence-corrected chi connectivity index (χ4v) is 1.53. The average Bonchev–Trinajstić information content (AvgIpc) is 2.94. The van der Waals surface area contributed by atoms with Crippen LogP contribution < -0.4 is 10.2 Å². The highest BCUT2D eigenvalue weighted by atomic mass is 16.5. The summed E-state index contributed by atoms with van der Waals surface area (Å²) in [6.07, 6.45) is 3.13. The van der Waals surface area contributed by atoms with Crippen LogP contribution in [-0.4, -0.2) is 18.2 Å². The lowest BCUT2D eigenvalue weighted by atomic mass is 10.2. The number of carbonyl (C=O) groups is 1. The molecule has 1 aromatic carbocycles. The Kier molecular flexibility index (Phi) is 4.55.